The molecule has 0 atom stereocenters. The molecule has 0 aromatic carbocycles. The van der Waals surface area contributed by atoms with Gasteiger partial charge < -0.3 is 8.98 Å². The molecule has 10 heteroatoms. The number of hydrogen-bond donors (Lipinski definition) is 1. The molecule has 1 amide bonds. The maximum absolute atomic E-state index is 12.7. The number of nitrogens with zero attached hydrogens (tertiary/aromatic N) is 3. The predicted molar refractivity (Wildman–Crippen MR) is 70.6 cm³/mol. The Morgan fingerprint density at radius 3 is 2.78 bits per heavy atom. The third-order valence-electron chi connectivity index (χ3n) is 3.25. The molecule has 1 aliphatic rings. The summed E-state index contributed by atoms with van der Waals surface area (Å²) < 4.78 is 43.8. The number of carbonyl (C=O) groups is 1. The topological polar surface area (TPSA) is 90.0 Å². The second-order valence-corrected chi connectivity index (χ2v) is 5.12. The smallest absolute Gasteiger partial charge is 0.408 e. The van der Waals surface area contributed by atoms with Gasteiger partial charge in [-0.1, -0.05) is 5.10 Å². The minimum absolute atomic E-state index is 0.142. The molecule has 0 unspecified atom stereocenters. The van der Waals surface area contributed by atoms with Crippen LogP contribution in [0.1, 0.15) is 30.2 Å². The molecule has 0 saturated heterocycles. The molecule has 1 saturated carbocycles. The lowest BCUT2D eigenvalue weighted by Gasteiger charge is -2.09. The Morgan fingerprint density at radius 2 is 2.13 bits per heavy atom. The van der Waals surface area contributed by atoms with Crippen molar-refractivity contribution >= 4 is 11.9 Å². The molecule has 1 N–H and O–H groups in total. The first-order valence-electron chi connectivity index (χ1n) is 6.74. The van der Waals surface area contributed by atoms with Gasteiger partial charge in [0.1, 0.15) is 12.1 Å². The quantitative estimate of drug-likeness (QED) is 0.924. The minimum atomic E-state index is -4.78. The van der Waals surface area contributed by atoms with E-state index in [1.165, 1.54) is 0 Å². The number of anilines is 1. The Kier molecular flexibility index (Phi) is 3.66. The van der Waals surface area contributed by atoms with Crippen LogP contribution in [0.4, 0.5) is 19.2 Å². The zero-order valence-electron chi connectivity index (χ0n) is 11.6. The molecule has 2 aromatic rings. The zero-order chi connectivity index (χ0) is 16.6. The molecule has 23 heavy (non-hydrogen) atoms. The first kappa shape index (κ1) is 15.3. The maximum Gasteiger partial charge on any atom is 0.421 e. The van der Waals surface area contributed by atoms with Crippen LogP contribution in [0.25, 0.3) is 0 Å². The van der Waals surface area contributed by atoms with Gasteiger partial charge in [-0.25, -0.2) is 0 Å². The number of hydrogen-bond acceptors (Lipinski definition) is 5. The zero-order valence-corrected chi connectivity index (χ0v) is 11.6. The van der Waals surface area contributed by atoms with Gasteiger partial charge in [0.2, 0.25) is 11.8 Å². The number of aromatic nitrogens is 3. The van der Waals surface area contributed by atoms with E-state index < -0.39 is 29.8 Å². The summed E-state index contributed by atoms with van der Waals surface area (Å²) in [6.45, 7) is -0.593. The third kappa shape index (κ3) is 3.41. The molecule has 2 heterocycles. The minimum Gasteiger partial charge on any atom is -0.408 e. The van der Waals surface area contributed by atoms with E-state index in [0.717, 1.165) is 25.1 Å². The highest BCUT2D eigenvalue weighted by Crippen LogP contribution is 2.39. The summed E-state index contributed by atoms with van der Waals surface area (Å²) in [6, 6.07) is 1.57. The van der Waals surface area contributed by atoms with Crippen molar-refractivity contribution in [2.45, 2.75) is 31.5 Å². The van der Waals surface area contributed by atoms with Crippen molar-refractivity contribution in [2.24, 2.45) is 0 Å². The molecular weight excluding hydrogens is 317 g/mol. The van der Waals surface area contributed by atoms with Crippen LogP contribution >= 0.6 is 0 Å². The number of alkyl halides is 3. The fourth-order valence-corrected chi connectivity index (χ4v) is 1.97. The van der Waals surface area contributed by atoms with Crippen LogP contribution in [0.3, 0.4) is 0 Å². The predicted octanol–water partition coefficient (Wildman–Crippen LogP) is 1.77. The monoisotopic (exact) mass is 328 g/mol. The summed E-state index contributed by atoms with van der Waals surface area (Å²) in [6.07, 6.45) is -1.80. The summed E-state index contributed by atoms with van der Waals surface area (Å²) >= 11 is 0. The fourth-order valence-electron chi connectivity index (χ4n) is 1.97. The van der Waals surface area contributed by atoms with Gasteiger partial charge in [-0.3, -0.25) is 14.9 Å². The molecule has 0 bridgehead atoms. The van der Waals surface area contributed by atoms with Crippen molar-refractivity contribution in [2.75, 3.05) is 5.32 Å². The summed E-state index contributed by atoms with van der Waals surface area (Å²) in [7, 11) is 0. The van der Waals surface area contributed by atoms with Gasteiger partial charge in [-0.2, -0.15) is 13.2 Å². The molecule has 0 radical (unpaired) electrons. The number of halogens is 3. The van der Waals surface area contributed by atoms with E-state index in [4.69, 9.17) is 4.42 Å². The Labute approximate surface area is 127 Å². The van der Waals surface area contributed by atoms with E-state index >= 15 is 0 Å². The van der Waals surface area contributed by atoms with E-state index in [9.17, 15) is 22.8 Å². The van der Waals surface area contributed by atoms with Gasteiger partial charge in [-0.15, -0.1) is 5.10 Å². The Balaban J connectivity index is 1.71. The molecule has 1 fully saturated rings. The molecule has 3 rings (SSSR count). The number of pyridine rings is 1. The van der Waals surface area contributed by atoms with Gasteiger partial charge in [-0.05, 0) is 25.0 Å². The van der Waals surface area contributed by atoms with Crippen molar-refractivity contribution in [3.05, 3.63) is 40.1 Å². The van der Waals surface area contributed by atoms with Crippen LogP contribution in [-0.2, 0) is 17.5 Å². The summed E-state index contributed by atoms with van der Waals surface area (Å²) in [5.74, 6) is -0.117. The normalized spacial score (nSPS) is 14.7. The van der Waals surface area contributed by atoms with Gasteiger partial charge in [0, 0.05) is 12.1 Å². The molecular formula is C13H11F3N4O3. The molecule has 2 aromatic heterocycles. The Morgan fingerprint density at radius 1 is 1.39 bits per heavy atom. The fraction of sp³-hybridized carbons (Fsp3) is 0.385. The lowest BCUT2D eigenvalue weighted by Crippen LogP contribution is -2.32. The van der Waals surface area contributed by atoms with Crippen molar-refractivity contribution in [1.82, 2.24) is 14.8 Å². The van der Waals surface area contributed by atoms with E-state index in [1.807, 2.05) is 0 Å². The van der Waals surface area contributed by atoms with Crippen molar-refractivity contribution < 1.29 is 22.4 Å². The summed E-state index contributed by atoms with van der Waals surface area (Å²) in [5, 5.41) is 9.63. The van der Waals surface area contributed by atoms with Crippen LogP contribution in [0, 0.1) is 0 Å². The maximum atomic E-state index is 12.7. The molecule has 0 spiro atoms. The summed E-state index contributed by atoms with van der Waals surface area (Å²) in [5.41, 5.74) is -2.62. The molecule has 122 valence electrons. The summed E-state index contributed by atoms with van der Waals surface area (Å²) in [4.78, 5) is 23.5. The second-order valence-electron chi connectivity index (χ2n) is 5.12. The lowest BCUT2D eigenvalue weighted by molar-refractivity contribution is -0.139. The number of nitrogens with one attached hydrogen (secondary N) is 1. The van der Waals surface area contributed by atoms with Gasteiger partial charge >= 0.3 is 12.2 Å². The Hall–Kier alpha value is -2.65. The lowest BCUT2D eigenvalue weighted by atomic mass is 10.2. The van der Waals surface area contributed by atoms with Crippen molar-refractivity contribution in [3.63, 3.8) is 0 Å². The number of carbonyl (C=O) groups excluding carboxylic acids is 1. The largest absolute Gasteiger partial charge is 0.421 e. The average Bonchev–Trinajstić information content (AvgIpc) is 3.21. The molecule has 0 aliphatic heterocycles. The van der Waals surface area contributed by atoms with Crippen LogP contribution in [0.5, 0.6) is 0 Å². The van der Waals surface area contributed by atoms with E-state index in [2.05, 4.69) is 15.5 Å². The highest BCUT2D eigenvalue weighted by Gasteiger charge is 2.34. The average molecular weight is 328 g/mol. The third-order valence-corrected chi connectivity index (χ3v) is 3.25. The van der Waals surface area contributed by atoms with Gasteiger partial charge in [0.05, 0.1) is 0 Å². The number of rotatable bonds is 4. The first-order chi connectivity index (χ1) is 10.8. The highest BCUT2D eigenvalue weighted by molar-refractivity contribution is 5.88. The molecule has 1 aliphatic carbocycles. The standard InChI is InChI=1S/C13H11F3N4O3/c14-13(15,16)8-2-1-5-20(11(8)22)6-9(21)17-12-19-18-10(23-12)7-3-4-7/h1-2,5,7H,3-4,6H2,(H,17,19,21). The van der Waals surface area contributed by atoms with Crippen LogP contribution in [0.15, 0.2) is 27.5 Å². The van der Waals surface area contributed by atoms with Crippen molar-refractivity contribution in [1.29, 1.82) is 0 Å². The molecule has 7 nitrogen and oxygen atoms in total. The number of amides is 1. The van der Waals surface area contributed by atoms with Gasteiger partial charge in [0.25, 0.3) is 5.56 Å². The van der Waals surface area contributed by atoms with Crippen LogP contribution < -0.4 is 10.9 Å². The first-order valence-corrected chi connectivity index (χ1v) is 6.74. The van der Waals surface area contributed by atoms with E-state index in [1.54, 1.807) is 0 Å². The second kappa shape index (κ2) is 5.52. The van der Waals surface area contributed by atoms with Gasteiger partial charge in [0.15, 0.2) is 0 Å². The van der Waals surface area contributed by atoms with Crippen LogP contribution in [-0.4, -0.2) is 20.7 Å². The van der Waals surface area contributed by atoms with Crippen molar-refractivity contribution in [3.8, 4) is 0 Å². The highest BCUT2D eigenvalue weighted by atomic mass is 19.4. The Bertz CT molecular complexity index is 792. The van der Waals surface area contributed by atoms with E-state index in [-0.39, 0.29) is 11.9 Å². The SMILES string of the molecule is O=C(Cn1cccc(C(F)(F)F)c1=O)Nc1nnc(C2CC2)o1. The van der Waals surface area contributed by atoms with Crippen LogP contribution in [0.2, 0.25) is 0 Å². The van der Waals surface area contributed by atoms with E-state index in [0.29, 0.717) is 16.5 Å².